The zero-order valence-corrected chi connectivity index (χ0v) is 12.7. The molecule has 0 aliphatic carbocycles. The van der Waals surface area contributed by atoms with Crippen molar-refractivity contribution in [2.45, 2.75) is 12.6 Å². The Morgan fingerprint density at radius 2 is 1.80 bits per heavy atom. The molecule has 0 amide bonds. The Balaban J connectivity index is 2.11. The van der Waals surface area contributed by atoms with Crippen molar-refractivity contribution in [2.24, 2.45) is 0 Å². The topological polar surface area (TPSA) is 45.0 Å². The van der Waals surface area contributed by atoms with Gasteiger partial charge in [-0.25, -0.2) is 0 Å². The third kappa shape index (κ3) is 3.83. The predicted molar refractivity (Wildman–Crippen MR) is 83.3 cm³/mol. The highest BCUT2D eigenvalue weighted by atomic mass is 79.9. The summed E-state index contributed by atoms with van der Waals surface area (Å²) in [4.78, 5) is 0. The molecule has 2 aromatic carbocycles. The van der Waals surface area contributed by atoms with Gasteiger partial charge in [0.05, 0.1) is 12.7 Å². The van der Waals surface area contributed by atoms with E-state index in [4.69, 9.17) is 4.74 Å². The van der Waals surface area contributed by atoms with E-state index in [-0.39, 0.29) is 6.04 Å². The zero-order chi connectivity index (χ0) is 14.4. The van der Waals surface area contributed by atoms with Gasteiger partial charge in [-0.1, -0.05) is 40.2 Å². The molecule has 0 aromatic heterocycles. The number of nitrogens with zero attached hydrogens (tertiary/aromatic N) is 1. The molecular weight excluding hydrogens is 316 g/mol. The van der Waals surface area contributed by atoms with Crippen molar-refractivity contribution in [3.8, 4) is 6.07 Å². The Hall–Kier alpha value is -1.83. The Bertz CT molecular complexity index is 587. The first-order valence-electron chi connectivity index (χ1n) is 6.22. The van der Waals surface area contributed by atoms with E-state index in [0.717, 1.165) is 21.3 Å². The summed E-state index contributed by atoms with van der Waals surface area (Å²) in [7, 11) is 1.67. The lowest BCUT2D eigenvalue weighted by Crippen LogP contribution is -2.08. The molecule has 0 aliphatic heterocycles. The van der Waals surface area contributed by atoms with Gasteiger partial charge in [0.2, 0.25) is 0 Å². The van der Waals surface area contributed by atoms with E-state index >= 15 is 0 Å². The fraction of sp³-hybridized carbons (Fsp3) is 0.188. The number of hydrogen-bond donors (Lipinski definition) is 1. The minimum Gasteiger partial charge on any atom is -0.380 e. The summed E-state index contributed by atoms with van der Waals surface area (Å²) in [5, 5.41) is 12.5. The van der Waals surface area contributed by atoms with Crippen LogP contribution in [0.2, 0.25) is 0 Å². The van der Waals surface area contributed by atoms with E-state index in [1.54, 1.807) is 7.11 Å². The summed E-state index contributed by atoms with van der Waals surface area (Å²) in [6, 6.07) is 17.5. The van der Waals surface area contributed by atoms with E-state index in [1.807, 2.05) is 48.5 Å². The quantitative estimate of drug-likeness (QED) is 0.890. The molecule has 20 heavy (non-hydrogen) atoms. The van der Waals surface area contributed by atoms with Crippen molar-refractivity contribution in [2.75, 3.05) is 12.4 Å². The van der Waals surface area contributed by atoms with Gasteiger partial charge in [0.15, 0.2) is 0 Å². The molecule has 0 fully saturated rings. The number of nitriles is 1. The lowest BCUT2D eigenvalue weighted by molar-refractivity contribution is 0.185. The Morgan fingerprint density at radius 3 is 2.35 bits per heavy atom. The highest BCUT2D eigenvalue weighted by Crippen LogP contribution is 2.21. The molecule has 0 bridgehead atoms. The first-order chi connectivity index (χ1) is 9.72. The number of ether oxygens (including phenoxy) is 1. The normalized spacial score (nSPS) is 11.7. The summed E-state index contributed by atoms with van der Waals surface area (Å²) in [6.07, 6.45) is 0. The van der Waals surface area contributed by atoms with Crippen molar-refractivity contribution >= 4 is 21.6 Å². The number of nitrogens with one attached hydrogen (secondary N) is 1. The summed E-state index contributed by atoms with van der Waals surface area (Å²) < 4.78 is 6.09. The van der Waals surface area contributed by atoms with Gasteiger partial charge < -0.3 is 10.1 Å². The van der Waals surface area contributed by atoms with Gasteiger partial charge in [-0.3, -0.25) is 0 Å². The standard InChI is InChI=1S/C16H15BrN2O/c1-20-11-12-2-4-13(5-3-12)16(10-18)19-15-8-6-14(17)7-9-15/h2-9,16,19H,11H2,1H3. The van der Waals surface area contributed by atoms with Crippen molar-refractivity contribution in [3.05, 3.63) is 64.1 Å². The van der Waals surface area contributed by atoms with Gasteiger partial charge in [-0.05, 0) is 35.4 Å². The molecule has 2 rings (SSSR count). The lowest BCUT2D eigenvalue weighted by atomic mass is 10.1. The number of rotatable bonds is 5. The second kappa shape index (κ2) is 7.09. The van der Waals surface area contributed by atoms with Crippen LogP contribution in [0.5, 0.6) is 0 Å². The van der Waals surface area contributed by atoms with Crippen LogP contribution in [0.15, 0.2) is 53.0 Å². The van der Waals surface area contributed by atoms with Crippen LogP contribution in [-0.2, 0) is 11.3 Å². The molecule has 0 radical (unpaired) electrons. The lowest BCUT2D eigenvalue weighted by Gasteiger charge is -2.14. The minimum absolute atomic E-state index is 0.368. The van der Waals surface area contributed by atoms with Crippen LogP contribution >= 0.6 is 15.9 Å². The Kier molecular flexibility index (Phi) is 5.16. The van der Waals surface area contributed by atoms with Gasteiger partial charge >= 0.3 is 0 Å². The maximum Gasteiger partial charge on any atom is 0.140 e. The molecule has 0 aliphatic rings. The molecule has 0 heterocycles. The smallest absolute Gasteiger partial charge is 0.140 e. The van der Waals surface area contributed by atoms with Crippen LogP contribution in [0, 0.1) is 11.3 Å². The highest BCUT2D eigenvalue weighted by Gasteiger charge is 2.10. The number of methoxy groups -OCH3 is 1. The first kappa shape index (κ1) is 14.6. The van der Waals surface area contributed by atoms with Crippen LogP contribution in [0.3, 0.4) is 0 Å². The highest BCUT2D eigenvalue weighted by molar-refractivity contribution is 9.10. The molecule has 0 spiro atoms. The average Bonchev–Trinajstić information content (AvgIpc) is 2.48. The molecule has 2 aromatic rings. The summed E-state index contributed by atoms with van der Waals surface area (Å²) in [6.45, 7) is 0.581. The number of anilines is 1. The van der Waals surface area contributed by atoms with Crippen LogP contribution in [0.1, 0.15) is 17.2 Å². The molecule has 102 valence electrons. The van der Waals surface area contributed by atoms with Crippen molar-refractivity contribution in [1.82, 2.24) is 0 Å². The van der Waals surface area contributed by atoms with Crippen molar-refractivity contribution in [1.29, 1.82) is 5.26 Å². The first-order valence-corrected chi connectivity index (χ1v) is 7.01. The third-order valence-electron chi connectivity index (χ3n) is 2.91. The molecule has 4 heteroatoms. The number of hydrogen-bond acceptors (Lipinski definition) is 3. The predicted octanol–water partition coefficient (Wildman–Crippen LogP) is 4.27. The molecule has 1 atom stereocenters. The summed E-state index contributed by atoms with van der Waals surface area (Å²) in [5.74, 6) is 0. The third-order valence-corrected chi connectivity index (χ3v) is 3.44. The van der Waals surface area contributed by atoms with Gasteiger partial charge in [0, 0.05) is 17.3 Å². The molecule has 1 unspecified atom stereocenters. The van der Waals surface area contributed by atoms with Crippen LogP contribution in [0.4, 0.5) is 5.69 Å². The van der Waals surface area contributed by atoms with E-state index in [1.165, 1.54) is 0 Å². The van der Waals surface area contributed by atoms with E-state index < -0.39 is 0 Å². The van der Waals surface area contributed by atoms with E-state index in [2.05, 4.69) is 27.3 Å². The second-order valence-electron chi connectivity index (χ2n) is 4.39. The minimum atomic E-state index is -0.368. The zero-order valence-electron chi connectivity index (χ0n) is 11.1. The fourth-order valence-corrected chi connectivity index (χ4v) is 2.14. The van der Waals surface area contributed by atoms with Crippen LogP contribution in [0.25, 0.3) is 0 Å². The SMILES string of the molecule is COCc1ccc(C(C#N)Nc2ccc(Br)cc2)cc1. The van der Waals surface area contributed by atoms with Crippen molar-refractivity contribution < 1.29 is 4.74 Å². The second-order valence-corrected chi connectivity index (χ2v) is 5.30. The van der Waals surface area contributed by atoms with Gasteiger partial charge in [-0.2, -0.15) is 5.26 Å². The van der Waals surface area contributed by atoms with Crippen molar-refractivity contribution in [3.63, 3.8) is 0 Å². The van der Waals surface area contributed by atoms with E-state index in [0.29, 0.717) is 6.61 Å². The Labute approximate surface area is 127 Å². The molecular formula is C16H15BrN2O. The number of benzene rings is 2. The van der Waals surface area contributed by atoms with Crippen LogP contribution in [-0.4, -0.2) is 7.11 Å². The largest absolute Gasteiger partial charge is 0.380 e. The average molecular weight is 331 g/mol. The van der Waals surface area contributed by atoms with E-state index in [9.17, 15) is 5.26 Å². The summed E-state index contributed by atoms with van der Waals surface area (Å²) in [5.41, 5.74) is 2.95. The summed E-state index contributed by atoms with van der Waals surface area (Å²) >= 11 is 3.39. The number of halogens is 1. The molecule has 3 nitrogen and oxygen atoms in total. The van der Waals surface area contributed by atoms with Gasteiger partial charge in [-0.15, -0.1) is 0 Å². The molecule has 0 saturated carbocycles. The molecule has 1 N–H and O–H groups in total. The maximum atomic E-state index is 9.32. The maximum absolute atomic E-state index is 9.32. The monoisotopic (exact) mass is 330 g/mol. The van der Waals surface area contributed by atoms with Gasteiger partial charge in [0.1, 0.15) is 6.04 Å². The van der Waals surface area contributed by atoms with Crippen LogP contribution < -0.4 is 5.32 Å². The Morgan fingerprint density at radius 1 is 1.15 bits per heavy atom. The fourth-order valence-electron chi connectivity index (χ4n) is 1.88. The van der Waals surface area contributed by atoms with Gasteiger partial charge in [0.25, 0.3) is 0 Å². The molecule has 0 saturated heterocycles.